The largest absolute Gasteiger partial charge is 0.462 e. The van der Waals surface area contributed by atoms with Gasteiger partial charge in [0.05, 0.1) is 13.2 Å². The number of aliphatic hydroxyl groups excluding tert-OH is 7. The predicted octanol–water partition coefficient (Wildman–Crippen LogP) is -2.67. The van der Waals surface area contributed by atoms with Gasteiger partial charge in [0.1, 0.15) is 54.6 Å². The van der Waals surface area contributed by atoms with Gasteiger partial charge in [-0.05, 0) is 17.7 Å². The molecule has 2 aliphatic heterocycles. The highest BCUT2D eigenvalue weighted by molar-refractivity contribution is 5.48. The number of hydrogen-bond acceptors (Lipinski definition) is 11. The van der Waals surface area contributed by atoms with Gasteiger partial charge in [-0.25, -0.2) is 0 Å². The van der Waals surface area contributed by atoms with Gasteiger partial charge in [-0.2, -0.15) is 0 Å². The third-order valence-corrected chi connectivity index (χ3v) is 5.33. The van der Waals surface area contributed by atoms with Crippen LogP contribution in [-0.4, -0.2) is 110 Å². The molecule has 0 spiro atoms. The van der Waals surface area contributed by atoms with Gasteiger partial charge in [0, 0.05) is 0 Å². The zero-order valence-electron chi connectivity index (χ0n) is 16.5. The molecular weight excluding hydrogens is 416 g/mol. The molecule has 2 heterocycles. The van der Waals surface area contributed by atoms with E-state index in [0.29, 0.717) is 5.75 Å². The van der Waals surface area contributed by atoms with E-state index in [9.17, 15) is 35.7 Å². The topological polar surface area (TPSA) is 179 Å². The maximum Gasteiger partial charge on any atom is 0.229 e. The summed E-state index contributed by atoms with van der Waals surface area (Å²) in [7, 11) is 0. The highest BCUT2D eigenvalue weighted by atomic mass is 16.7. The highest BCUT2D eigenvalue weighted by Gasteiger charge is 2.51. The van der Waals surface area contributed by atoms with Crippen molar-refractivity contribution in [3.05, 3.63) is 36.4 Å². The second-order valence-corrected chi connectivity index (χ2v) is 7.40. The van der Waals surface area contributed by atoms with E-state index in [-0.39, 0.29) is 0 Å². The van der Waals surface area contributed by atoms with Crippen molar-refractivity contribution in [2.24, 2.45) is 0 Å². The molecule has 0 aromatic heterocycles. The van der Waals surface area contributed by atoms with Crippen LogP contribution >= 0.6 is 0 Å². The van der Waals surface area contributed by atoms with Gasteiger partial charge in [0.15, 0.2) is 6.29 Å². The van der Waals surface area contributed by atoms with Crippen LogP contribution in [0.2, 0.25) is 0 Å². The van der Waals surface area contributed by atoms with Crippen molar-refractivity contribution < 1.29 is 54.7 Å². The molecule has 0 bridgehead atoms. The number of aliphatic hydroxyl groups is 7. The van der Waals surface area contributed by atoms with Crippen LogP contribution in [0.1, 0.15) is 5.56 Å². The van der Waals surface area contributed by atoms with Crippen molar-refractivity contribution >= 4 is 6.08 Å². The van der Waals surface area contributed by atoms with Crippen LogP contribution < -0.4 is 4.74 Å². The number of benzene rings is 1. The van der Waals surface area contributed by atoms with Gasteiger partial charge in [-0.1, -0.05) is 24.8 Å². The number of ether oxygens (including phenoxy) is 4. The average Bonchev–Trinajstić information content (AvgIpc) is 2.79. The molecule has 0 radical (unpaired) electrons. The third-order valence-electron chi connectivity index (χ3n) is 5.33. The summed E-state index contributed by atoms with van der Waals surface area (Å²) in [4.78, 5) is 0. The average molecular weight is 444 g/mol. The Morgan fingerprint density at radius 3 is 1.94 bits per heavy atom. The number of hydrogen-bond donors (Lipinski definition) is 7. The Balaban J connectivity index is 1.70. The zero-order chi connectivity index (χ0) is 22.7. The van der Waals surface area contributed by atoms with Crippen molar-refractivity contribution in [1.82, 2.24) is 0 Å². The summed E-state index contributed by atoms with van der Waals surface area (Å²) in [6, 6.07) is 6.68. The van der Waals surface area contributed by atoms with Crippen LogP contribution in [0, 0.1) is 0 Å². The Kier molecular flexibility index (Phi) is 7.99. The molecular formula is C20H28O11. The normalized spacial score (nSPS) is 41.0. The lowest BCUT2D eigenvalue weighted by atomic mass is 9.97. The summed E-state index contributed by atoms with van der Waals surface area (Å²) in [5, 5.41) is 69.9. The summed E-state index contributed by atoms with van der Waals surface area (Å²) in [5.41, 5.74) is 0.846. The first-order valence-electron chi connectivity index (χ1n) is 9.78. The zero-order valence-corrected chi connectivity index (χ0v) is 16.5. The smallest absolute Gasteiger partial charge is 0.229 e. The van der Waals surface area contributed by atoms with Crippen LogP contribution in [0.15, 0.2) is 30.8 Å². The van der Waals surface area contributed by atoms with Crippen LogP contribution in [-0.2, 0) is 14.2 Å². The van der Waals surface area contributed by atoms with Crippen molar-refractivity contribution in [2.45, 2.75) is 61.4 Å². The minimum atomic E-state index is -1.72. The first kappa shape index (κ1) is 24.0. The van der Waals surface area contributed by atoms with Gasteiger partial charge in [-0.15, -0.1) is 0 Å². The summed E-state index contributed by atoms with van der Waals surface area (Å²) >= 11 is 0. The van der Waals surface area contributed by atoms with Crippen LogP contribution in [0.5, 0.6) is 5.75 Å². The molecule has 11 heteroatoms. The van der Waals surface area contributed by atoms with Crippen molar-refractivity contribution in [2.75, 3.05) is 13.2 Å². The minimum Gasteiger partial charge on any atom is -0.462 e. The third kappa shape index (κ3) is 5.07. The maximum atomic E-state index is 10.6. The van der Waals surface area contributed by atoms with E-state index in [4.69, 9.17) is 18.9 Å². The second-order valence-electron chi connectivity index (χ2n) is 7.40. The second kappa shape index (κ2) is 10.3. The minimum absolute atomic E-state index is 0.340. The van der Waals surface area contributed by atoms with Crippen molar-refractivity contribution in [1.29, 1.82) is 0 Å². The van der Waals surface area contributed by atoms with Gasteiger partial charge in [-0.3, -0.25) is 0 Å². The van der Waals surface area contributed by atoms with Crippen molar-refractivity contribution in [3.63, 3.8) is 0 Å². The maximum absolute atomic E-state index is 10.6. The summed E-state index contributed by atoms with van der Waals surface area (Å²) in [6.07, 6.45) is -13.3. The quantitative estimate of drug-likeness (QED) is 0.233. The van der Waals surface area contributed by atoms with E-state index >= 15 is 0 Å². The van der Waals surface area contributed by atoms with Crippen LogP contribution in [0.4, 0.5) is 0 Å². The summed E-state index contributed by atoms with van der Waals surface area (Å²) in [5.74, 6) is 0.340. The highest BCUT2D eigenvalue weighted by Crippen LogP contribution is 2.30. The molecule has 11 nitrogen and oxygen atoms in total. The Morgan fingerprint density at radius 1 is 0.774 bits per heavy atom. The van der Waals surface area contributed by atoms with Crippen LogP contribution in [0.25, 0.3) is 6.08 Å². The Bertz CT molecular complexity index is 710. The van der Waals surface area contributed by atoms with Gasteiger partial charge < -0.3 is 54.7 Å². The Morgan fingerprint density at radius 2 is 1.35 bits per heavy atom. The molecule has 0 aliphatic carbocycles. The molecule has 0 saturated carbocycles. The number of rotatable bonds is 7. The summed E-state index contributed by atoms with van der Waals surface area (Å²) in [6.45, 7) is 2.34. The first-order valence-corrected chi connectivity index (χ1v) is 9.78. The van der Waals surface area contributed by atoms with Gasteiger partial charge in [0.25, 0.3) is 0 Å². The molecule has 10 atom stereocenters. The lowest BCUT2D eigenvalue weighted by Gasteiger charge is -2.45. The van der Waals surface area contributed by atoms with E-state index in [0.717, 1.165) is 5.56 Å². The molecule has 7 N–H and O–H groups in total. The first-order chi connectivity index (χ1) is 14.8. The molecule has 3 rings (SSSR count). The van der Waals surface area contributed by atoms with Gasteiger partial charge in [0.2, 0.25) is 6.29 Å². The lowest BCUT2D eigenvalue weighted by Crippen LogP contribution is -2.65. The molecule has 0 amide bonds. The Hall–Kier alpha value is -1.64. The van der Waals surface area contributed by atoms with Crippen molar-refractivity contribution in [3.8, 4) is 5.75 Å². The Labute approximate surface area is 178 Å². The molecule has 2 aliphatic rings. The molecule has 2 saturated heterocycles. The standard InChI is InChI=1S/C20H28O11/c1-2-9-3-5-10(6-4-9)28-19-17(27)15(25)18(12(8-22)30-19)31-20-16(26)14(24)13(23)11(7-21)29-20/h2-6,11-27H,1,7-8H2/t11-,12-,13+,14+,15-,16+,17-,18+,19-,20+/m0/s1. The lowest BCUT2D eigenvalue weighted by molar-refractivity contribution is -0.352. The monoisotopic (exact) mass is 444 g/mol. The molecule has 174 valence electrons. The SMILES string of the molecule is C=Cc1ccc(O[C@H]2O[C@@H](CO)[C@@H](O[C@H]3O[C@@H](CO)[C@@H](O)[C@@H](O)[C@H]3O)[C@@H](O)[C@@H]2O)cc1. The van der Waals surface area contributed by atoms with E-state index < -0.39 is 74.6 Å². The van der Waals surface area contributed by atoms with Gasteiger partial charge >= 0.3 is 0 Å². The molecule has 1 aromatic carbocycles. The molecule has 2 fully saturated rings. The fraction of sp³-hybridized carbons (Fsp3) is 0.600. The van der Waals surface area contributed by atoms with E-state index in [1.54, 1.807) is 30.3 Å². The predicted molar refractivity (Wildman–Crippen MR) is 104 cm³/mol. The molecule has 31 heavy (non-hydrogen) atoms. The van der Waals surface area contributed by atoms with E-state index in [1.807, 2.05) is 0 Å². The fourth-order valence-corrected chi connectivity index (χ4v) is 3.47. The van der Waals surface area contributed by atoms with E-state index in [1.165, 1.54) is 0 Å². The van der Waals surface area contributed by atoms with Crippen LogP contribution in [0.3, 0.4) is 0 Å². The molecule has 1 aromatic rings. The summed E-state index contributed by atoms with van der Waals surface area (Å²) < 4.78 is 21.9. The fourth-order valence-electron chi connectivity index (χ4n) is 3.47. The van der Waals surface area contributed by atoms with E-state index in [2.05, 4.69) is 6.58 Å². The molecule has 0 unspecified atom stereocenters.